The van der Waals surface area contributed by atoms with E-state index in [-0.39, 0.29) is 5.41 Å². The summed E-state index contributed by atoms with van der Waals surface area (Å²) in [6.45, 7) is 5.05. The highest BCUT2D eigenvalue weighted by molar-refractivity contribution is 5.17. The maximum Gasteiger partial charge on any atom is 0.0406 e. The Hall–Kier alpha value is -0.930. The summed E-state index contributed by atoms with van der Waals surface area (Å²) in [4.78, 5) is 6.26. The summed E-state index contributed by atoms with van der Waals surface area (Å²) < 4.78 is 0. The fourth-order valence-electron chi connectivity index (χ4n) is 2.11. The molecule has 0 aliphatic rings. The van der Waals surface area contributed by atoms with Crippen molar-refractivity contribution in [2.45, 2.75) is 19.9 Å². The monoisotopic (exact) mass is 207 g/mol. The maximum atomic E-state index is 5.84. The quantitative estimate of drug-likeness (QED) is 0.816. The molecule has 0 bridgehead atoms. The van der Waals surface area contributed by atoms with Crippen molar-refractivity contribution in [2.75, 3.05) is 20.6 Å². The number of rotatable bonds is 4. The first-order valence-electron chi connectivity index (χ1n) is 5.25. The van der Waals surface area contributed by atoms with Gasteiger partial charge in [-0.3, -0.25) is 4.98 Å². The van der Waals surface area contributed by atoms with E-state index in [9.17, 15) is 0 Å². The van der Waals surface area contributed by atoms with Gasteiger partial charge in [0.2, 0.25) is 0 Å². The second-order valence-electron chi connectivity index (χ2n) is 4.84. The molecule has 1 heterocycles. The maximum absolute atomic E-state index is 5.84. The molecule has 0 aliphatic carbocycles. The first kappa shape index (κ1) is 12.1. The van der Waals surface area contributed by atoms with E-state index in [1.807, 2.05) is 12.4 Å². The Morgan fingerprint density at radius 3 is 2.27 bits per heavy atom. The van der Waals surface area contributed by atoms with Crippen LogP contribution < -0.4 is 5.73 Å². The first-order valence-corrected chi connectivity index (χ1v) is 5.25. The molecule has 15 heavy (non-hydrogen) atoms. The highest BCUT2D eigenvalue weighted by Crippen LogP contribution is 2.35. The van der Waals surface area contributed by atoms with Crippen molar-refractivity contribution in [2.24, 2.45) is 11.1 Å². The van der Waals surface area contributed by atoms with Gasteiger partial charge in [0.05, 0.1) is 0 Å². The van der Waals surface area contributed by atoms with Crippen LogP contribution in [0.25, 0.3) is 0 Å². The third kappa shape index (κ3) is 2.76. The molecule has 1 aromatic heterocycles. The average Bonchev–Trinajstić information content (AvgIpc) is 2.18. The molecule has 0 aromatic carbocycles. The summed E-state index contributed by atoms with van der Waals surface area (Å²) in [6, 6.07) is 4.44. The molecule has 0 fully saturated rings. The third-order valence-electron chi connectivity index (χ3n) is 2.80. The summed E-state index contributed by atoms with van der Waals surface area (Å²) in [5, 5.41) is 0. The topological polar surface area (TPSA) is 42.2 Å². The number of hydrogen-bond acceptors (Lipinski definition) is 3. The smallest absolute Gasteiger partial charge is 0.0406 e. The lowest BCUT2D eigenvalue weighted by molar-refractivity contribution is 0.143. The van der Waals surface area contributed by atoms with Crippen LogP contribution in [0.5, 0.6) is 0 Å². The van der Waals surface area contributed by atoms with E-state index in [1.165, 1.54) is 5.56 Å². The molecule has 0 spiro atoms. The number of hydrogen-bond donors (Lipinski definition) is 1. The molecule has 0 amide bonds. The van der Waals surface area contributed by atoms with Crippen molar-refractivity contribution in [1.82, 2.24) is 9.88 Å². The van der Waals surface area contributed by atoms with Crippen LogP contribution in [0, 0.1) is 5.41 Å². The Morgan fingerprint density at radius 1 is 1.33 bits per heavy atom. The Morgan fingerprint density at radius 2 is 1.87 bits per heavy atom. The Labute approximate surface area is 92.3 Å². The van der Waals surface area contributed by atoms with Gasteiger partial charge in [0.1, 0.15) is 0 Å². The summed E-state index contributed by atoms with van der Waals surface area (Å²) in [7, 11) is 4.17. The highest BCUT2D eigenvalue weighted by Gasteiger charge is 2.31. The van der Waals surface area contributed by atoms with Crippen LogP contribution >= 0.6 is 0 Å². The molecular formula is C12H21N3. The van der Waals surface area contributed by atoms with Gasteiger partial charge in [0, 0.05) is 18.4 Å². The Kier molecular flexibility index (Phi) is 3.83. The van der Waals surface area contributed by atoms with Gasteiger partial charge in [-0.2, -0.15) is 0 Å². The zero-order chi connectivity index (χ0) is 11.5. The minimum Gasteiger partial charge on any atom is -0.330 e. The molecule has 0 radical (unpaired) electrons. The summed E-state index contributed by atoms with van der Waals surface area (Å²) in [5.74, 6) is 0. The van der Waals surface area contributed by atoms with E-state index >= 15 is 0 Å². The van der Waals surface area contributed by atoms with Crippen LogP contribution in [0.2, 0.25) is 0 Å². The van der Waals surface area contributed by atoms with E-state index in [4.69, 9.17) is 5.73 Å². The van der Waals surface area contributed by atoms with Crippen LogP contribution in [0.1, 0.15) is 25.5 Å². The van der Waals surface area contributed by atoms with Gasteiger partial charge in [0.25, 0.3) is 0 Å². The highest BCUT2D eigenvalue weighted by atomic mass is 15.1. The van der Waals surface area contributed by atoms with Gasteiger partial charge in [-0.15, -0.1) is 0 Å². The van der Waals surface area contributed by atoms with E-state index < -0.39 is 0 Å². The predicted octanol–water partition coefficient (Wildman–Crippen LogP) is 1.67. The van der Waals surface area contributed by atoms with Gasteiger partial charge < -0.3 is 10.6 Å². The molecule has 0 aliphatic heterocycles. The van der Waals surface area contributed by atoms with Gasteiger partial charge in [-0.25, -0.2) is 0 Å². The molecule has 1 rings (SSSR count). The van der Waals surface area contributed by atoms with Crippen molar-refractivity contribution < 1.29 is 0 Å². The van der Waals surface area contributed by atoms with E-state index in [2.05, 4.69) is 50.0 Å². The van der Waals surface area contributed by atoms with Crippen molar-refractivity contribution >= 4 is 0 Å². The summed E-state index contributed by atoms with van der Waals surface area (Å²) in [6.07, 6.45) is 3.66. The molecule has 3 nitrogen and oxygen atoms in total. The molecule has 2 N–H and O–H groups in total. The van der Waals surface area contributed by atoms with Crippen LogP contribution in [-0.2, 0) is 0 Å². The van der Waals surface area contributed by atoms with Crippen molar-refractivity contribution in [3.8, 4) is 0 Å². The second-order valence-corrected chi connectivity index (χ2v) is 4.84. The van der Waals surface area contributed by atoms with Gasteiger partial charge in [0.15, 0.2) is 0 Å². The van der Waals surface area contributed by atoms with Crippen LogP contribution in [0.4, 0.5) is 0 Å². The van der Waals surface area contributed by atoms with Crippen LogP contribution in [0.15, 0.2) is 24.5 Å². The first-order chi connectivity index (χ1) is 6.99. The largest absolute Gasteiger partial charge is 0.330 e. The van der Waals surface area contributed by atoms with Crippen LogP contribution in [0.3, 0.4) is 0 Å². The standard InChI is InChI=1S/C12H21N3/c1-12(2,9-13)11(15(3)4)10-5-7-14-8-6-10/h5-8,11H,9,13H2,1-4H3. The lowest BCUT2D eigenvalue weighted by Crippen LogP contribution is -2.38. The Bertz CT molecular complexity index is 293. The number of pyridine rings is 1. The zero-order valence-electron chi connectivity index (χ0n) is 10.1. The van der Waals surface area contributed by atoms with Crippen molar-refractivity contribution in [3.05, 3.63) is 30.1 Å². The minimum absolute atomic E-state index is 0.0604. The normalized spacial score (nSPS) is 14.3. The molecule has 1 unspecified atom stereocenters. The van der Waals surface area contributed by atoms with Gasteiger partial charge in [-0.05, 0) is 43.8 Å². The SMILES string of the molecule is CN(C)C(c1ccncc1)C(C)(C)CN. The summed E-state index contributed by atoms with van der Waals surface area (Å²) in [5.41, 5.74) is 7.17. The number of aromatic nitrogens is 1. The Balaban J connectivity index is 3.04. The van der Waals surface area contributed by atoms with Gasteiger partial charge >= 0.3 is 0 Å². The van der Waals surface area contributed by atoms with E-state index in [1.54, 1.807) is 0 Å². The molecule has 3 heteroatoms. The van der Waals surface area contributed by atoms with Crippen molar-refractivity contribution in [1.29, 1.82) is 0 Å². The lowest BCUT2D eigenvalue weighted by atomic mass is 9.80. The molecule has 1 aromatic rings. The molecule has 84 valence electrons. The van der Waals surface area contributed by atoms with E-state index in [0.717, 1.165) is 0 Å². The van der Waals surface area contributed by atoms with Crippen molar-refractivity contribution in [3.63, 3.8) is 0 Å². The van der Waals surface area contributed by atoms with Crippen LogP contribution in [-0.4, -0.2) is 30.5 Å². The lowest BCUT2D eigenvalue weighted by Gasteiger charge is -2.38. The van der Waals surface area contributed by atoms with E-state index in [0.29, 0.717) is 12.6 Å². The van der Waals surface area contributed by atoms with Gasteiger partial charge in [-0.1, -0.05) is 13.8 Å². The average molecular weight is 207 g/mol. The molecule has 0 saturated carbocycles. The minimum atomic E-state index is 0.0604. The molecule has 1 atom stereocenters. The zero-order valence-corrected chi connectivity index (χ0v) is 10.1. The number of nitrogens with two attached hydrogens (primary N) is 1. The second kappa shape index (κ2) is 4.73. The fourth-order valence-corrected chi connectivity index (χ4v) is 2.11. The summed E-state index contributed by atoms with van der Waals surface area (Å²) >= 11 is 0. The predicted molar refractivity (Wildman–Crippen MR) is 63.5 cm³/mol. The molecular weight excluding hydrogens is 186 g/mol. The third-order valence-corrected chi connectivity index (χ3v) is 2.80. The molecule has 0 saturated heterocycles. The fraction of sp³-hybridized carbons (Fsp3) is 0.583. The number of nitrogens with zero attached hydrogens (tertiary/aromatic N) is 2.